The van der Waals surface area contributed by atoms with Crippen molar-refractivity contribution in [3.05, 3.63) is 0 Å². The van der Waals surface area contributed by atoms with Crippen molar-refractivity contribution in [2.75, 3.05) is 19.8 Å². The number of ether oxygens (including phenoxy) is 5. The van der Waals surface area contributed by atoms with E-state index in [-0.39, 0.29) is 13.2 Å². The minimum absolute atomic E-state index is 0.297. The Balaban J connectivity index is 1.62. The van der Waals surface area contributed by atoms with Crippen molar-refractivity contribution >= 4 is 0 Å². The molecule has 3 aliphatic heterocycles. The Morgan fingerprint density at radius 3 is 2.07 bits per heavy atom. The molecule has 3 heterocycles. The Kier molecular flexibility index (Phi) is 7.20. The summed E-state index contributed by atoms with van der Waals surface area (Å²) < 4.78 is 26.0. The molecule has 12 atom stereocenters. The smallest absolute Gasteiger partial charge is 0.187 e. The van der Waals surface area contributed by atoms with Crippen molar-refractivity contribution in [1.29, 1.82) is 0 Å². The van der Waals surface area contributed by atoms with Crippen LogP contribution in [-0.4, -0.2) is 134 Å². The quantitative estimate of drug-likeness (QED) is 0.211. The van der Waals surface area contributed by atoms with Crippen LogP contribution in [-0.2, 0) is 23.7 Å². The Morgan fingerprint density at radius 1 is 0.714 bits per heavy atom. The summed E-state index contributed by atoms with van der Waals surface area (Å²) in [6.07, 6.45) is -17.1. The molecule has 13 heteroatoms. The zero-order valence-electron chi connectivity index (χ0n) is 14.7. The molecule has 0 saturated carbocycles. The lowest BCUT2D eigenvalue weighted by Gasteiger charge is -2.42. The molecule has 0 aromatic rings. The van der Waals surface area contributed by atoms with E-state index in [9.17, 15) is 35.7 Å². The second kappa shape index (κ2) is 9.09. The zero-order valence-corrected chi connectivity index (χ0v) is 14.7. The zero-order chi connectivity index (χ0) is 20.6. The maximum Gasteiger partial charge on any atom is 0.187 e. The van der Waals surface area contributed by atoms with Gasteiger partial charge in [-0.2, -0.15) is 0 Å². The van der Waals surface area contributed by atoms with Crippen LogP contribution in [0.5, 0.6) is 0 Å². The van der Waals surface area contributed by atoms with Crippen molar-refractivity contribution in [1.82, 2.24) is 0 Å². The van der Waals surface area contributed by atoms with Crippen LogP contribution >= 0.6 is 0 Å². The predicted octanol–water partition coefficient (Wildman–Crippen LogP) is -5.66. The van der Waals surface area contributed by atoms with Crippen LogP contribution in [0.25, 0.3) is 0 Å². The van der Waals surface area contributed by atoms with Crippen molar-refractivity contribution in [2.45, 2.75) is 73.8 Å². The first-order valence-electron chi connectivity index (χ1n) is 8.81. The number of aliphatic hydroxyl groups is 8. The van der Waals surface area contributed by atoms with Gasteiger partial charge in [-0.25, -0.2) is 0 Å². The molecule has 8 N–H and O–H groups in total. The number of hydrogen-bond donors (Lipinski definition) is 8. The summed E-state index contributed by atoms with van der Waals surface area (Å²) >= 11 is 0. The van der Waals surface area contributed by atoms with Gasteiger partial charge >= 0.3 is 0 Å². The first-order valence-corrected chi connectivity index (χ1v) is 8.81. The molecule has 0 amide bonds. The van der Waals surface area contributed by atoms with E-state index >= 15 is 0 Å². The molecule has 0 spiro atoms. The Hall–Kier alpha value is -0.520. The molecule has 3 rings (SSSR count). The predicted molar refractivity (Wildman–Crippen MR) is 83.2 cm³/mol. The van der Waals surface area contributed by atoms with Gasteiger partial charge in [0.25, 0.3) is 0 Å². The summed E-state index contributed by atoms with van der Waals surface area (Å²) in [4.78, 5) is 0. The van der Waals surface area contributed by atoms with Gasteiger partial charge in [-0.15, -0.1) is 0 Å². The monoisotopic (exact) mass is 414 g/mol. The third-order valence-electron chi connectivity index (χ3n) is 4.98. The van der Waals surface area contributed by atoms with Gasteiger partial charge in [0, 0.05) is 0 Å². The minimum atomic E-state index is -1.63. The molecule has 3 fully saturated rings. The molecule has 3 aliphatic rings. The van der Waals surface area contributed by atoms with Crippen LogP contribution in [0.3, 0.4) is 0 Å². The minimum Gasteiger partial charge on any atom is -0.394 e. The first-order chi connectivity index (χ1) is 13.2. The largest absolute Gasteiger partial charge is 0.394 e. The van der Waals surface area contributed by atoms with Crippen molar-refractivity contribution in [2.24, 2.45) is 0 Å². The molecule has 0 radical (unpaired) electrons. The van der Waals surface area contributed by atoms with E-state index in [2.05, 4.69) is 0 Å². The lowest BCUT2D eigenvalue weighted by atomic mass is 10.0. The Morgan fingerprint density at radius 2 is 1.43 bits per heavy atom. The highest BCUT2D eigenvalue weighted by Gasteiger charge is 2.49. The van der Waals surface area contributed by atoms with E-state index in [1.54, 1.807) is 0 Å². The molecule has 0 aromatic heterocycles. The highest BCUT2D eigenvalue weighted by atomic mass is 16.7. The summed E-state index contributed by atoms with van der Waals surface area (Å²) in [7, 11) is 0. The van der Waals surface area contributed by atoms with Crippen LogP contribution in [0, 0.1) is 0 Å². The van der Waals surface area contributed by atoms with Gasteiger partial charge in [0.2, 0.25) is 0 Å². The summed E-state index contributed by atoms with van der Waals surface area (Å²) in [6, 6.07) is 0. The fourth-order valence-electron chi connectivity index (χ4n) is 3.26. The molecule has 28 heavy (non-hydrogen) atoms. The van der Waals surface area contributed by atoms with Crippen LogP contribution in [0.4, 0.5) is 0 Å². The first kappa shape index (κ1) is 22.2. The molecule has 164 valence electrons. The molecule has 3 saturated heterocycles. The second-order valence-electron chi connectivity index (χ2n) is 6.95. The number of hydrogen-bond acceptors (Lipinski definition) is 13. The van der Waals surface area contributed by atoms with Crippen LogP contribution in [0.2, 0.25) is 0 Å². The maximum atomic E-state index is 10.5. The van der Waals surface area contributed by atoms with Crippen LogP contribution in [0.1, 0.15) is 0 Å². The van der Waals surface area contributed by atoms with Gasteiger partial charge < -0.3 is 64.5 Å². The average Bonchev–Trinajstić information content (AvgIpc) is 2.95. The van der Waals surface area contributed by atoms with E-state index in [1.165, 1.54) is 0 Å². The summed E-state index contributed by atoms with van der Waals surface area (Å²) in [5.74, 6) is 0. The van der Waals surface area contributed by atoms with Crippen molar-refractivity contribution < 1.29 is 64.5 Å². The van der Waals surface area contributed by atoms with E-state index in [0.717, 1.165) is 0 Å². The van der Waals surface area contributed by atoms with Gasteiger partial charge in [-0.1, -0.05) is 0 Å². The van der Waals surface area contributed by atoms with Crippen molar-refractivity contribution in [3.8, 4) is 0 Å². The van der Waals surface area contributed by atoms with Gasteiger partial charge in [0.1, 0.15) is 54.9 Å². The Bertz CT molecular complexity index is 508. The fraction of sp³-hybridized carbons (Fsp3) is 1.00. The molecule has 0 aromatic carbocycles. The third-order valence-corrected chi connectivity index (χ3v) is 4.98. The summed E-state index contributed by atoms with van der Waals surface area (Å²) in [6.45, 7) is -1.21. The average molecular weight is 414 g/mol. The van der Waals surface area contributed by atoms with E-state index in [1.807, 2.05) is 0 Å². The topological polar surface area (TPSA) is 208 Å². The maximum absolute atomic E-state index is 10.5. The third kappa shape index (κ3) is 4.32. The summed E-state index contributed by atoms with van der Waals surface area (Å²) in [5, 5.41) is 78.3. The van der Waals surface area contributed by atoms with Gasteiger partial charge in [-0.05, 0) is 0 Å². The number of aliphatic hydroxyl groups excluding tert-OH is 8. The van der Waals surface area contributed by atoms with E-state index < -0.39 is 80.4 Å². The molecule has 0 bridgehead atoms. The second-order valence-corrected chi connectivity index (χ2v) is 6.95. The van der Waals surface area contributed by atoms with Crippen molar-refractivity contribution in [3.63, 3.8) is 0 Å². The van der Waals surface area contributed by atoms with Gasteiger partial charge in [0.15, 0.2) is 18.9 Å². The lowest BCUT2D eigenvalue weighted by molar-refractivity contribution is -0.338. The van der Waals surface area contributed by atoms with E-state index in [4.69, 9.17) is 28.8 Å². The molecule has 0 unspecified atom stereocenters. The van der Waals surface area contributed by atoms with Crippen LogP contribution in [0.15, 0.2) is 0 Å². The Labute approximate surface area is 159 Å². The highest BCUT2D eigenvalue weighted by molar-refractivity contribution is 4.91. The molecular formula is C15H26O13. The lowest BCUT2D eigenvalue weighted by Crippen LogP contribution is -2.60. The SMILES string of the molecule is OC[C@@H]1O[C@@H](O[C@H]2[C@H](O)[C@H](O[C@@H]3CO[C@@H](O)[C@@H](O)[C@@H]3O)OC[C@H]2O)[C@H](O)[C@@H]1O. The van der Waals surface area contributed by atoms with E-state index in [0.29, 0.717) is 0 Å². The standard InChI is InChI=1S/C15H26O13/c16-1-5-7(18)10(21)15(26-5)28-12-4(17)2-25-14(11(12)22)27-6-3-24-13(23)9(20)8(6)19/h4-23H,1-3H2/t4-,5+,6-,7-,8-,9+,10-,11+,12-,13-,14+,15+/m1/s1. The summed E-state index contributed by atoms with van der Waals surface area (Å²) in [5.41, 5.74) is 0. The normalized spacial score (nSPS) is 52.7. The highest BCUT2D eigenvalue weighted by Crippen LogP contribution is 2.29. The van der Waals surface area contributed by atoms with Gasteiger partial charge in [0.05, 0.1) is 19.8 Å². The molecule has 0 aliphatic carbocycles. The van der Waals surface area contributed by atoms with Gasteiger partial charge in [-0.3, -0.25) is 0 Å². The molecular weight excluding hydrogens is 388 g/mol. The fourth-order valence-corrected chi connectivity index (χ4v) is 3.26. The molecule has 13 nitrogen and oxygen atoms in total. The van der Waals surface area contributed by atoms with Crippen LogP contribution < -0.4 is 0 Å². The number of rotatable bonds is 5.